The maximum absolute atomic E-state index is 8.55. The third kappa shape index (κ3) is 2.49. The lowest BCUT2D eigenvalue weighted by atomic mass is 10.3. The molecule has 1 aromatic rings. The number of benzene rings is 1. The Hall–Kier alpha value is -0.590. The van der Waals surface area contributed by atoms with Gasteiger partial charge in [-0.05, 0) is 11.4 Å². The van der Waals surface area contributed by atoms with Gasteiger partial charge in [0.2, 0.25) is 0 Å². The first-order valence-corrected chi connectivity index (χ1v) is 4.11. The number of aliphatic hydroxyl groups is 1. The minimum atomic E-state index is 0.166. The lowest BCUT2D eigenvalue weighted by Crippen LogP contribution is -2.10. The summed E-state index contributed by atoms with van der Waals surface area (Å²) in [6.45, 7) is 0.768. The minimum Gasteiger partial charge on any atom is -0.395 e. The molecular formula is C8H12NOP. The van der Waals surface area contributed by atoms with Crippen molar-refractivity contribution >= 4 is 20.2 Å². The van der Waals surface area contributed by atoms with Gasteiger partial charge in [0.15, 0.2) is 0 Å². The van der Waals surface area contributed by atoms with E-state index in [4.69, 9.17) is 5.11 Å². The molecule has 0 saturated carbocycles. The second-order valence-electron chi connectivity index (χ2n) is 2.24. The van der Waals surface area contributed by atoms with Crippen molar-refractivity contribution in [3.63, 3.8) is 0 Å². The summed E-state index contributed by atoms with van der Waals surface area (Å²) in [5, 5.41) is 12.8. The van der Waals surface area contributed by atoms with E-state index in [0.717, 1.165) is 11.0 Å². The molecular weight excluding hydrogens is 157 g/mol. The Kier molecular flexibility index (Phi) is 3.34. The summed E-state index contributed by atoms with van der Waals surface area (Å²) >= 11 is 0. The molecule has 0 heterocycles. The van der Waals surface area contributed by atoms with E-state index >= 15 is 0 Å². The first kappa shape index (κ1) is 8.51. The predicted octanol–water partition coefficient (Wildman–Crippen LogP) is 0.591. The molecule has 11 heavy (non-hydrogen) atoms. The molecule has 2 nitrogen and oxygen atoms in total. The van der Waals surface area contributed by atoms with Crippen molar-refractivity contribution in [3.05, 3.63) is 24.3 Å². The molecule has 0 saturated heterocycles. The first-order chi connectivity index (χ1) is 5.34. The van der Waals surface area contributed by atoms with Gasteiger partial charge in [0.1, 0.15) is 0 Å². The van der Waals surface area contributed by atoms with Crippen LogP contribution in [-0.4, -0.2) is 18.3 Å². The summed E-state index contributed by atoms with van der Waals surface area (Å²) in [4.78, 5) is 0. The first-order valence-electron chi connectivity index (χ1n) is 3.54. The van der Waals surface area contributed by atoms with E-state index in [0.29, 0.717) is 6.54 Å². The molecule has 60 valence electrons. The fraction of sp³-hybridized carbons (Fsp3) is 0.250. The zero-order valence-electron chi connectivity index (χ0n) is 6.25. The molecule has 0 aliphatic rings. The van der Waals surface area contributed by atoms with Crippen molar-refractivity contribution in [1.82, 2.24) is 0 Å². The van der Waals surface area contributed by atoms with Gasteiger partial charge in [-0.1, -0.05) is 18.2 Å². The molecule has 0 amide bonds. The van der Waals surface area contributed by atoms with Crippen molar-refractivity contribution in [2.24, 2.45) is 0 Å². The maximum atomic E-state index is 8.55. The Morgan fingerprint density at radius 3 is 2.73 bits per heavy atom. The summed E-state index contributed by atoms with van der Waals surface area (Å²) < 4.78 is 0. The summed E-state index contributed by atoms with van der Waals surface area (Å²) in [6, 6.07) is 7.93. The second-order valence-corrected chi connectivity index (χ2v) is 2.86. The average molecular weight is 169 g/mol. The van der Waals surface area contributed by atoms with E-state index < -0.39 is 0 Å². The Morgan fingerprint density at radius 2 is 2.09 bits per heavy atom. The van der Waals surface area contributed by atoms with Crippen LogP contribution >= 0.6 is 9.24 Å². The van der Waals surface area contributed by atoms with Crippen LogP contribution in [-0.2, 0) is 0 Å². The fourth-order valence-electron chi connectivity index (χ4n) is 0.849. The zero-order valence-corrected chi connectivity index (χ0v) is 7.40. The molecule has 1 atom stereocenters. The highest BCUT2D eigenvalue weighted by molar-refractivity contribution is 7.28. The van der Waals surface area contributed by atoms with E-state index in [1.54, 1.807) is 0 Å². The van der Waals surface area contributed by atoms with Crippen molar-refractivity contribution < 1.29 is 5.11 Å². The van der Waals surface area contributed by atoms with Crippen LogP contribution in [0.4, 0.5) is 5.69 Å². The summed E-state index contributed by atoms with van der Waals surface area (Å²) in [6.07, 6.45) is 0. The zero-order chi connectivity index (χ0) is 8.10. The van der Waals surface area contributed by atoms with Crippen LogP contribution in [0.3, 0.4) is 0 Å². The predicted molar refractivity (Wildman–Crippen MR) is 51.4 cm³/mol. The lowest BCUT2D eigenvalue weighted by molar-refractivity contribution is 0.311. The Morgan fingerprint density at radius 1 is 1.36 bits per heavy atom. The maximum Gasteiger partial charge on any atom is 0.0604 e. The molecule has 0 aliphatic carbocycles. The van der Waals surface area contributed by atoms with Crippen molar-refractivity contribution in [1.29, 1.82) is 0 Å². The standard InChI is InChI=1S/C8H12NOP/c10-6-5-9-7-3-1-2-4-8(7)11/h1-4,9-10H,5-6,11H2. The number of anilines is 1. The third-order valence-corrected chi connectivity index (χ3v) is 1.89. The van der Waals surface area contributed by atoms with E-state index in [1.807, 2.05) is 24.3 Å². The molecule has 0 radical (unpaired) electrons. The molecule has 0 aromatic heterocycles. The van der Waals surface area contributed by atoms with E-state index in [9.17, 15) is 0 Å². The largest absolute Gasteiger partial charge is 0.395 e. The Labute approximate surface area is 68.8 Å². The van der Waals surface area contributed by atoms with Gasteiger partial charge in [0.25, 0.3) is 0 Å². The molecule has 0 bridgehead atoms. The van der Waals surface area contributed by atoms with Crippen molar-refractivity contribution in [2.75, 3.05) is 18.5 Å². The van der Waals surface area contributed by atoms with E-state index in [2.05, 4.69) is 14.6 Å². The van der Waals surface area contributed by atoms with Crippen LogP contribution in [0, 0.1) is 0 Å². The van der Waals surface area contributed by atoms with E-state index in [1.165, 1.54) is 0 Å². The van der Waals surface area contributed by atoms with Crippen LogP contribution in [0.2, 0.25) is 0 Å². The van der Waals surface area contributed by atoms with Crippen LogP contribution in [0.25, 0.3) is 0 Å². The summed E-state index contributed by atoms with van der Waals surface area (Å²) in [5.41, 5.74) is 1.06. The number of hydrogen-bond donors (Lipinski definition) is 2. The molecule has 1 aromatic carbocycles. The van der Waals surface area contributed by atoms with Crippen molar-refractivity contribution in [3.8, 4) is 0 Å². The highest BCUT2D eigenvalue weighted by Crippen LogP contribution is 2.05. The smallest absolute Gasteiger partial charge is 0.0604 e. The number of para-hydroxylation sites is 1. The lowest BCUT2D eigenvalue weighted by Gasteiger charge is -2.06. The van der Waals surface area contributed by atoms with Gasteiger partial charge >= 0.3 is 0 Å². The van der Waals surface area contributed by atoms with E-state index in [-0.39, 0.29) is 6.61 Å². The highest BCUT2D eigenvalue weighted by Gasteiger charge is 1.92. The van der Waals surface area contributed by atoms with Gasteiger partial charge in [-0.3, -0.25) is 0 Å². The molecule has 1 unspecified atom stereocenters. The number of hydrogen-bond acceptors (Lipinski definition) is 2. The van der Waals surface area contributed by atoms with Gasteiger partial charge in [0.05, 0.1) is 6.61 Å². The quantitative estimate of drug-likeness (QED) is 0.649. The normalized spacial score (nSPS) is 9.64. The minimum absolute atomic E-state index is 0.166. The number of nitrogens with one attached hydrogen (secondary N) is 1. The topological polar surface area (TPSA) is 32.3 Å². The van der Waals surface area contributed by atoms with Crippen LogP contribution in [0.5, 0.6) is 0 Å². The van der Waals surface area contributed by atoms with Crippen LogP contribution in [0.1, 0.15) is 0 Å². The molecule has 3 heteroatoms. The molecule has 0 spiro atoms. The van der Waals surface area contributed by atoms with Gasteiger partial charge in [0, 0.05) is 12.2 Å². The van der Waals surface area contributed by atoms with Gasteiger partial charge in [-0.15, -0.1) is 9.24 Å². The highest BCUT2D eigenvalue weighted by atomic mass is 31.0. The van der Waals surface area contributed by atoms with Gasteiger partial charge in [-0.2, -0.15) is 0 Å². The number of rotatable bonds is 3. The summed E-state index contributed by atoms with van der Waals surface area (Å²) in [5.74, 6) is 0. The molecule has 0 aliphatic heterocycles. The average Bonchev–Trinajstić information content (AvgIpc) is 2.03. The van der Waals surface area contributed by atoms with Crippen LogP contribution in [0.15, 0.2) is 24.3 Å². The Bertz CT molecular complexity index is 227. The molecule has 1 rings (SSSR count). The van der Waals surface area contributed by atoms with Gasteiger partial charge in [-0.25, -0.2) is 0 Å². The summed E-state index contributed by atoms with van der Waals surface area (Å²) in [7, 11) is 2.64. The second kappa shape index (κ2) is 4.32. The van der Waals surface area contributed by atoms with Crippen molar-refractivity contribution in [2.45, 2.75) is 0 Å². The Balaban J connectivity index is 2.62. The molecule has 0 fully saturated rings. The molecule has 2 N–H and O–H groups in total. The fourth-order valence-corrected chi connectivity index (χ4v) is 1.16. The van der Waals surface area contributed by atoms with Gasteiger partial charge < -0.3 is 10.4 Å². The van der Waals surface area contributed by atoms with Crippen LogP contribution < -0.4 is 10.6 Å². The monoisotopic (exact) mass is 169 g/mol. The number of aliphatic hydroxyl groups excluding tert-OH is 1. The SMILES string of the molecule is OCCNc1ccccc1P. The third-order valence-electron chi connectivity index (χ3n) is 1.39.